The molecule has 1 saturated carbocycles. The third-order valence-electron chi connectivity index (χ3n) is 6.06. The fourth-order valence-corrected chi connectivity index (χ4v) is 4.98. The summed E-state index contributed by atoms with van der Waals surface area (Å²) in [6.07, 6.45) is 4.15. The molecule has 0 atom stereocenters. The highest BCUT2D eigenvalue weighted by Gasteiger charge is 2.28. The minimum atomic E-state index is -0.150. The zero-order valence-corrected chi connectivity index (χ0v) is 18.0. The zero-order chi connectivity index (χ0) is 20.1. The molecule has 2 aromatic carbocycles. The summed E-state index contributed by atoms with van der Waals surface area (Å²) in [7, 11) is 0. The van der Waals surface area contributed by atoms with Crippen molar-refractivity contribution in [3.8, 4) is 0 Å². The Bertz CT molecular complexity index is 1270. The summed E-state index contributed by atoms with van der Waals surface area (Å²) in [5.74, 6) is 0.796. The van der Waals surface area contributed by atoms with Crippen molar-refractivity contribution in [1.29, 1.82) is 0 Å². The lowest BCUT2D eigenvalue weighted by Crippen LogP contribution is -2.16. The SMILES string of the molecule is Nc1c(C2CCC(c3ccc(Cl)cc3)CC2)nn2c(=O)c3cc(Br)ccc3[nH]c12. The van der Waals surface area contributed by atoms with Gasteiger partial charge < -0.3 is 10.7 Å². The van der Waals surface area contributed by atoms with Crippen LogP contribution in [0.15, 0.2) is 51.7 Å². The van der Waals surface area contributed by atoms with E-state index in [0.29, 0.717) is 22.6 Å². The number of nitrogens with zero attached hydrogens (tertiary/aromatic N) is 2. The average molecular weight is 472 g/mol. The normalized spacial score (nSPS) is 19.8. The number of halogens is 2. The van der Waals surface area contributed by atoms with Gasteiger partial charge in [0.1, 0.15) is 0 Å². The maximum absolute atomic E-state index is 12.9. The molecule has 1 aliphatic rings. The van der Waals surface area contributed by atoms with Crippen molar-refractivity contribution in [3.05, 3.63) is 73.6 Å². The van der Waals surface area contributed by atoms with Crippen LogP contribution in [0.2, 0.25) is 5.02 Å². The van der Waals surface area contributed by atoms with Gasteiger partial charge in [-0.15, -0.1) is 0 Å². The van der Waals surface area contributed by atoms with E-state index in [2.05, 4.69) is 38.1 Å². The lowest BCUT2D eigenvalue weighted by atomic mass is 9.77. The van der Waals surface area contributed by atoms with Crippen molar-refractivity contribution in [1.82, 2.24) is 14.6 Å². The largest absolute Gasteiger partial charge is 0.394 e. The highest BCUT2D eigenvalue weighted by atomic mass is 79.9. The van der Waals surface area contributed by atoms with Crippen LogP contribution in [-0.4, -0.2) is 14.6 Å². The van der Waals surface area contributed by atoms with Gasteiger partial charge in [-0.05, 0) is 67.5 Å². The number of hydrogen-bond donors (Lipinski definition) is 2. The molecule has 1 aliphatic carbocycles. The van der Waals surface area contributed by atoms with Crippen molar-refractivity contribution in [3.63, 3.8) is 0 Å². The van der Waals surface area contributed by atoms with E-state index in [1.54, 1.807) is 0 Å². The van der Waals surface area contributed by atoms with Gasteiger partial charge in [0, 0.05) is 15.4 Å². The standard InChI is InChI=1S/C22H20BrClN4O/c23-15-7-10-18-17(11-15)22(29)28-21(26-18)19(25)20(27-28)14-3-1-12(2-4-14)13-5-8-16(24)9-6-13/h5-12,14,26H,1-4,25H2. The van der Waals surface area contributed by atoms with Crippen LogP contribution in [-0.2, 0) is 0 Å². The minimum Gasteiger partial charge on any atom is -0.394 e. The molecule has 148 valence electrons. The molecule has 0 aliphatic heterocycles. The molecule has 0 amide bonds. The highest BCUT2D eigenvalue weighted by Crippen LogP contribution is 2.42. The molecular weight excluding hydrogens is 452 g/mol. The van der Waals surface area contributed by atoms with Crippen LogP contribution in [0.1, 0.15) is 48.8 Å². The number of aromatic amines is 1. The van der Waals surface area contributed by atoms with E-state index in [4.69, 9.17) is 17.3 Å². The number of aromatic nitrogens is 3. The summed E-state index contributed by atoms with van der Waals surface area (Å²) in [6, 6.07) is 13.7. The molecule has 29 heavy (non-hydrogen) atoms. The van der Waals surface area contributed by atoms with Gasteiger partial charge in [0.25, 0.3) is 5.56 Å². The van der Waals surface area contributed by atoms with Gasteiger partial charge in [-0.3, -0.25) is 4.79 Å². The van der Waals surface area contributed by atoms with Crippen LogP contribution in [0, 0.1) is 0 Å². The third kappa shape index (κ3) is 3.24. The summed E-state index contributed by atoms with van der Waals surface area (Å²) in [5, 5.41) is 6.00. The molecule has 0 bridgehead atoms. The molecule has 4 aromatic rings. The first-order chi connectivity index (χ1) is 14.0. The second kappa shape index (κ2) is 7.18. The first-order valence-corrected chi connectivity index (χ1v) is 10.9. The maximum atomic E-state index is 12.9. The number of benzene rings is 2. The van der Waals surface area contributed by atoms with Gasteiger partial charge in [-0.2, -0.15) is 9.61 Å². The summed E-state index contributed by atoms with van der Waals surface area (Å²) < 4.78 is 2.28. The molecule has 5 nitrogen and oxygen atoms in total. The van der Waals surface area contributed by atoms with Crippen LogP contribution in [0.5, 0.6) is 0 Å². The van der Waals surface area contributed by atoms with Crippen LogP contribution >= 0.6 is 27.5 Å². The molecule has 7 heteroatoms. The molecule has 2 aromatic heterocycles. The molecule has 3 N–H and O–H groups in total. The molecular formula is C22H20BrClN4O. The number of hydrogen-bond acceptors (Lipinski definition) is 3. The van der Waals surface area contributed by atoms with E-state index >= 15 is 0 Å². The van der Waals surface area contributed by atoms with E-state index < -0.39 is 0 Å². The Balaban J connectivity index is 1.47. The summed E-state index contributed by atoms with van der Waals surface area (Å²) >= 11 is 9.44. The number of nitrogen functional groups attached to an aromatic ring is 1. The third-order valence-corrected chi connectivity index (χ3v) is 6.81. The van der Waals surface area contributed by atoms with E-state index in [1.807, 2.05) is 30.3 Å². The lowest BCUT2D eigenvalue weighted by molar-refractivity contribution is 0.391. The van der Waals surface area contributed by atoms with E-state index in [-0.39, 0.29) is 11.5 Å². The predicted molar refractivity (Wildman–Crippen MR) is 121 cm³/mol. The van der Waals surface area contributed by atoms with Crippen LogP contribution in [0.3, 0.4) is 0 Å². The summed E-state index contributed by atoms with van der Waals surface area (Å²) in [4.78, 5) is 16.2. The Kier molecular flexibility index (Phi) is 4.63. The second-order valence-electron chi connectivity index (χ2n) is 7.78. The van der Waals surface area contributed by atoms with Gasteiger partial charge in [0.15, 0.2) is 5.65 Å². The van der Waals surface area contributed by atoms with E-state index in [0.717, 1.165) is 46.4 Å². The average Bonchev–Trinajstić information content (AvgIpc) is 3.06. The van der Waals surface area contributed by atoms with Crippen LogP contribution in [0.4, 0.5) is 5.69 Å². The van der Waals surface area contributed by atoms with E-state index in [1.165, 1.54) is 10.1 Å². The maximum Gasteiger partial charge on any atom is 0.282 e. The van der Waals surface area contributed by atoms with Gasteiger partial charge in [-0.25, -0.2) is 0 Å². The van der Waals surface area contributed by atoms with Crippen molar-refractivity contribution in [2.24, 2.45) is 0 Å². The Morgan fingerprint density at radius 1 is 1.07 bits per heavy atom. The number of rotatable bonds is 2. The van der Waals surface area contributed by atoms with Crippen LogP contribution in [0.25, 0.3) is 16.6 Å². The first-order valence-electron chi connectivity index (χ1n) is 9.76. The van der Waals surface area contributed by atoms with Gasteiger partial charge in [0.2, 0.25) is 0 Å². The van der Waals surface area contributed by atoms with Gasteiger partial charge >= 0.3 is 0 Å². The molecule has 0 radical (unpaired) electrons. The molecule has 2 heterocycles. The lowest BCUT2D eigenvalue weighted by Gasteiger charge is -2.28. The molecule has 1 fully saturated rings. The fraction of sp³-hybridized carbons (Fsp3) is 0.273. The van der Waals surface area contributed by atoms with Crippen molar-refractivity contribution in [2.75, 3.05) is 5.73 Å². The summed E-state index contributed by atoms with van der Waals surface area (Å²) in [5.41, 5.74) is 10.4. The topological polar surface area (TPSA) is 76.2 Å². The summed E-state index contributed by atoms with van der Waals surface area (Å²) in [6.45, 7) is 0. The smallest absolute Gasteiger partial charge is 0.282 e. The highest BCUT2D eigenvalue weighted by molar-refractivity contribution is 9.10. The zero-order valence-electron chi connectivity index (χ0n) is 15.7. The Hall–Kier alpha value is -2.31. The minimum absolute atomic E-state index is 0.150. The predicted octanol–water partition coefficient (Wildman–Crippen LogP) is 5.62. The Labute approximate surface area is 181 Å². The Morgan fingerprint density at radius 3 is 2.48 bits per heavy atom. The molecule has 0 spiro atoms. The monoisotopic (exact) mass is 470 g/mol. The number of nitrogens with one attached hydrogen (secondary N) is 1. The molecule has 0 unspecified atom stereocenters. The fourth-order valence-electron chi connectivity index (χ4n) is 4.50. The quantitative estimate of drug-likeness (QED) is 0.398. The van der Waals surface area contributed by atoms with Crippen molar-refractivity contribution < 1.29 is 0 Å². The molecule has 0 saturated heterocycles. The Morgan fingerprint density at radius 2 is 1.76 bits per heavy atom. The van der Waals surface area contributed by atoms with Crippen molar-refractivity contribution >= 4 is 49.8 Å². The van der Waals surface area contributed by atoms with Crippen LogP contribution < -0.4 is 11.3 Å². The second-order valence-corrected chi connectivity index (χ2v) is 9.13. The molecule has 5 rings (SSSR count). The number of nitrogens with two attached hydrogens (primary N) is 1. The number of fused-ring (bicyclic) bond motifs is 2. The number of H-pyrrole nitrogens is 1. The van der Waals surface area contributed by atoms with E-state index in [9.17, 15) is 4.79 Å². The first kappa shape index (κ1) is 18.7. The van der Waals surface area contributed by atoms with Gasteiger partial charge in [0.05, 0.1) is 22.3 Å². The number of anilines is 1. The van der Waals surface area contributed by atoms with Gasteiger partial charge in [-0.1, -0.05) is 39.7 Å². The van der Waals surface area contributed by atoms with Crippen molar-refractivity contribution in [2.45, 2.75) is 37.5 Å².